The highest BCUT2D eigenvalue weighted by Crippen LogP contribution is 2.50. The first kappa shape index (κ1) is 28.7. The zero-order valence-corrected chi connectivity index (χ0v) is 22.9. The molecule has 0 atom stereocenters. The fraction of sp³-hybridized carbons (Fsp3) is 0.696. The minimum absolute atomic E-state index is 0.259. The average Bonchev–Trinajstić information content (AvgIpc) is 2.69. The normalized spacial score (nSPS) is 12.4. The van der Waals surface area contributed by atoms with Gasteiger partial charge in [0.05, 0.1) is 12.2 Å². The number of nitrogens with zero attached hydrogens (tertiary/aromatic N) is 2. The van der Waals surface area contributed by atoms with Crippen molar-refractivity contribution in [2.75, 3.05) is 24.7 Å². The molecular weight excluding hydrogens is 447 g/mol. The third-order valence-electron chi connectivity index (χ3n) is 4.38. The van der Waals surface area contributed by atoms with Crippen LogP contribution in [0.15, 0.2) is 30.3 Å². The van der Waals surface area contributed by atoms with Crippen LogP contribution in [0, 0.1) is 0 Å². The van der Waals surface area contributed by atoms with Crippen molar-refractivity contribution < 1.29 is 14.1 Å². The van der Waals surface area contributed by atoms with E-state index in [9.17, 15) is 4.79 Å². The van der Waals surface area contributed by atoms with Gasteiger partial charge in [-0.1, -0.05) is 39.8 Å². The Morgan fingerprint density at radius 1 is 0.806 bits per heavy atom. The van der Waals surface area contributed by atoms with E-state index in [1.165, 1.54) is 0 Å². The molecule has 0 aliphatic rings. The fourth-order valence-corrected chi connectivity index (χ4v) is 7.45. The Labute approximate surface area is 199 Å². The van der Waals surface area contributed by atoms with Crippen molar-refractivity contribution >= 4 is 36.0 Å². The van der Waals surface area contributed by atoms with Crippen molar-refractivity contribution in [1.82, 2.24) is 9.34 Å². The standard InChI is InChI=1S/C23H41N2O3PS2/c1-18(2)24(19(3)4)29(25(20(5)6)21(7)8)28-15-17-31-30-16-14-27-23(26)22-12-10-9-11-13-22/h9-13,18-21H,14-17H2,1-8H3. The van der Waals surface area contributed by atoms with E-state index in [-0.39, 0.29) is 5.97 Å². The van der Waals surface area contributed by atoms with E-state index in [2.05, 4.69) is 64.7 Å². The Hall–Kier alpha value is -0.300. The summed E-state index contributed by atoms with van der Waals surface area (Å²) in [6.45, 7) is 19.1. The molecule has 31 heavy (non-hydrogen) atoms. The predicted octanol–water partition coefficient (Wildman–Crippen LogP) is 6.71. The lowest BCUT2D eigenvalue weighted by atomic mass is 10.2. The summed E-state index contributed by atoms with van der Waals surface area (Å²) in [6.07, 6.45) is 0. The molecule has 0 spiro atoms. The Kier molecular flexibility index (Phi) is 14.4. The number of ether oxygens (including phenoxy) is 1. The van der Waals surface area contributed by atoms with E-state index < -0.39 is 8.45 Å². The molecule has 8 heteroatoms. The summed E-state index contributed by atoms with van der Waals surface area (Å²) in [7, 11) is 2.66. The lowest BCUT2D eigenvalue weighted by Gasteiger charge is -2.45. The van der Waals surface area contributed by atoms with Crippen LogP contribution in [-0.2, 0) is 9.26 Å². The topological polar surface area (TPSA) is 42.0 Å². The summed E-state index contributed by atoms with van der Waals surface area (Å²) in [5.41, 5.74) is 0.599. The number of esters is 1. The van der Waals surface area contributed by atoms with Gasteiger partial charge in [-0.2, -0.15) is 0 Å². The molecule has 0 heterocycles. The molecule has 178 valence electrons. The summed E-state index contributed by atoms with van der Waals surface area (Å²) in [5, 5.41) is 0. The lowest BCUT2D eigenvalue weighted by Crippen LogP contribution is -2.43. The van der Waals surface area contributed by atoms with Crippen LogP contribution >= 0.6 is 30.0 Å². The van der Waals surface area contributed by atoms with Gasteiger partial charge in [0.2, 0.25) is 0 Å². The van der Waals surface area contributed by atoms with Crippen molar-refractivity contribution in [3.8, 4) is 0 Å². The predicted molar refractivity (Wildman–Crippen MR) is 139 cm³/mol. The molecule has 1 aromatic carbocycles. The maximum Gasteiger partial charge on any atom is 0.338 e. The molecule has 1 rings (SSSR count). The second-order valence-electron chi connectivity index (χ2n) is 8.37. The zero-order chi connectivity index (χ0) is 23.4. The third kappa shape index (κ3) is 10.4. The molecule has 0 saturated carbocycles. The van der Waals surface area contributed by atoms with Gasteiger partial charge in [-0.3, -0.25) is 0 Å². The minimum Gasteiger partial charge on any atom is -0.461 e. The first-order chi connectivity index (χ1) is 14.7. The molecule has 0 aliphatic heterocycles. The molecule has 1 aromatic rings. The van der Waals surface area contributed by atoms with Crippen molar-refractivity contribution in [2.45, 2.75) is 79.6 Å². The first-order valence-electron chi connectivity index (χ1n) is 11.1. The molecule has 0 bridgehead atoms. The number of rotatable bonds is 15. The summed E-state index contributed by atoms with van der Waals surface area (Å²) in [5.74, 6) is 1.42. The quantitative estimate of drug-likeness (QED) is 0.118. The van der Waals surface area contributed by atoms with Crippen LogP contribution in [0.25, 0.3) is 0 Å². The number of hydrogen-bond acceptors (Lipinski definition) is 7. The van der Waals surface area contributed by atoms with Crippen LogP contribution in [-0.4, -0.2) is 64.2 Å². The first-order valence-corrected chi connectivity index (χ1v) is 14.8. The summed E-state index contributed by atoms with van der Waals surface area (Å²) < 4.78 is 16.9. The van der Waals surface area contributed by atoms with Gasteiger partial charge in [0.25, 0.3) is 0 Å². The molecule has 0 N–H and O–H groups in total. The van der Waals surface area contributed by atoms with Crippen LogP contribution in [0.1, 0.15) is 65.7 Å². The smallest absolute Gasteiger partial charge is 0.338 e. The Balaban J connectivity index is 2.43. The SMILES string of the molecule is CC(C)N(C(C)C)P(OCCSSCCOC(=O)c1ccccc1)N(C(C)C)C(C)C. The summed E-state index contributed by atoms with van der Waals surface area (Å²) in [4.78, 5) is 11.9. The van der Waals surface area contributed by atoms with E-state index in [0.717, 1.165) is 11.5 Å². The van der Waals surface area contributed by atoms with Gasteiger partial charge < -0.3 is 9.26 Å². The van der Waals surface area contributed by atoms with Gasteiger partial charge in [0, 0.05) is 35.7 Å². The fourth-order valence-electron chi connectivity index (χ4n) is 3.33. The Morgan fingerprint density at radius 3 is 1.71 bits per heavy atom. The van der Waals surface area contributed by atoms with Gasteiger partial charge >= 0.3 is 5.97 Å². The number of benzene rings is 1. The van der Waals surface area contributed by atoms with Gasteiger partial charge in [-0.15, -0.1) is 0 Å². The number of carbonyl (C=O) groups excluding carboxylic acids is 1. The molecule has 0 unspecified atom stereocenters. The lowest BCUT2D eigenvalue weighted by molar-refractivity contribution is 0.0530. The summed E-state index contributed by atoms with van der Waals surface area (Å²) in [6, 6.07) is 10.8. The molecule has 0 fully saturated rings. The molecular formula is C23H41N2O3PS2. The zero-order valence-electron chi connectivity index (χ0n) is 20.4. The van der Waals surface area contributed by atoms with E-state index in [0.29, 0.717) is 42.9 Å². The van der Waals surface area contributed by atoms with Crippen LogP contribution in [0.2, 0.25) is 0 Å². The second-order valence-corrected chi connectivity index (χ2v) is 12.8. The van der Waals surface area contributed by atoms with Gasteiger partial charge in [0.15, 0.2) is 8.45 Å². The van der Waals surface area contributed by atoms with Crippen molar-refractivity contribution in [1.29, 1.82) is 0 Å². The number of hydrogen-bond donors (Lipinski definition) is 0. The molecule has 0 saturated heterocycles. The molecule has 5 nitrogen and oxygen atoms in total. The average molecular weight is 489 g/mol. The Bertz CT molecular complexity index is 582. The van der Waals surface area contributed by atoms with Gasteiger partial charge in [-0.05, 0) is 67.5 Å². The molecule has 0 radical (unpaired) electrons. The third-order valence-corrected chi connectivity index (χ3v) is 9.76. The second kappa shape index (κ2) is 15.5. The molecule has 0 aromatic heterocycles. The highest BCUT2D eigenvalue weighted by Gasteiger charge is 2.34. The number of carbonyl (C=O) groups is 1. The molecule has 0 amide bonds. The van der Waals surface area contributed by atoms with Crippen molar-refractivity contribution in [2.24, 2.45) is 0 Å². The van der Waals surface area contributed by atoms with Crippen LogP contribution < -0.4 is 0 Å². The van der Waals surface area contributed by atoms with Crippen molar-refractivity contribution in [3.63, 3.8) is 0 Å². The van der Waals surface area contributed by atoms with E-state index >= 15 is 0 Å². The highest BCUT2D eigenvalue weighted by atomic mass is 33.1. The van der Waals surface area contributed by atoms with Gasteiger partial charge in [0.1, 0.15) is 6.61 Å². The van der Waals surface area contributed by atoms with Gasteiger partial charge in [-0.25, -0.2) is 14.1 Å². The maximum atomic E-state index is 11.9. The van der Waals surface area contributed by atoms with E-state index in [4.69, 9.17) is 9.26 Å². The maximum absolute atomic E-state index is 11.9. The minimum atomic E-state index is -0.833. The van der Waals surface area contributed by atoms with E-state index in [1.54, 1.807) is 33.7 Å². The Morgan fingerprint density at radius 2 is 1.26 bits per heavy atom. The van der Waals surface area contributed by atoms with Crippen LogP contribution in [0.5, 0.6) is 0 Å². The van der Waals surface area contributed by atoms with Crippen molar-refractivity contribution in [3.05, 3.63) is 35.9 Å². The molecule has 0 aliphatic carbocycles. The highest BCUT2D eigenvalue weighted by molar-refractivity contribution is 8.76. The monoisotopic (exact) mass is 488 g/mol. The largest absolute Gasteiger partial charge is 0.461 e. The van der Waals surface area contributed by atoms with Crippen LogP contribution in [0.3, 0.4) is 0 Å². The summed E-state index contributed by atoms with van der Waals surface area (Å²) >= 11 is 0. The van der Waals surface area contributed by atoms with Crippen LogP contribution in [0.4, 0.5) is 0 Å². The van der Waals surface area contributed by atoms with E-state index in [1.807, 2.05) is 18.2 Å².